The molecule has 1 fully saturated rings. The molecule has 1 aromatic heterocycles. The van der Waals surface area contributed by atoms with Crippen molar-refractivity contribution in [1.29, 1.82) is 0 Å². The molecule has 0 spiro atoms. The SMILES string of the molecule is C[C@@H]1CN(CC(=O)N2CCc3cnc(Cc4ccccc4)cc32)CCN1C(=O)OC(C)(C)C. The summed E-state index contributed by atoms with van der Waals surface area (Å²) in [5.41, 5.74) is 3.78. The van der Waals surface area contributed by atoms with Crippen LogP contribution in [0.4, 0.5) is 10.5 Å². The van der Waals surface area contributed by atoms with E-state index in [-0.39, 0.29) is 18.0 Å². The average molecular weight is 451 g/mol. The number of rotatable bonds is 4. The second kappa shape index (κ2) is 9.51. The molecule has 0 N–H and O–H groups in total. The Hall–Kier alpha value is -2.93. The number of hydrogen-bond donors (Lipinski definition) is 0. The molecule has 33 heavy (non-hydrogen) atoms. The molecule has 0 saturated carbocycles. The Bertz CT molecular complexity index is 1000. The van der Waals surface area contributed by atoms with Crippen molar-refractivity contribution in [2.45, 2.75) is 52.2 Å². The predicted molar refractivity (Wildman–Crippen MR) is 128 cm³/mol. The van der Waals surface area contributed by atoms with Crippen LogP contribution in [0.3, 0.4) is 0 Å². The van der Waals surface area contributed by atoms with Gasteiger partial charge in [-0.1, -0.05) is 30.3 Å². The van der Waals surface area contributed by atoms with Crippen LogP contribution in [0, 0.1) is 0 Å². The Morgan fingerprint density at radius 2 is 1.88 bits per heavy atom. The molecule has 1 aromatic carbocycles. The van der Waals surface area contributed by atoms with Crippen molar-refractivity contribution in [3.63, 3.8) is 0 Å². The lowest BCUT2D eigenvalue weighted by Crippen LogP contribution is -2.56. The van der Waals surface area contributed by atoms with Gasteiger partial charge in [-0.15, -0.1) is 0 Å². The van der Waals surface area contributed by atoms with Crippen LogP contribution in [0.1, 0.15) is 44.5 Å². The van der Waals surface area contributed by atoms with Gasteiger partial charge in [0.25, 0.3) is 0 Å². The van der Waals surface area contributed by atoms with E-state index >= 15 is 0 Å². The van der Waals surface area contributed by atoms with Crippen LogP contribution in [0.25, 0.3) is 0 Å². The maximum Gasteiger partial charge on any atom is 0.410 e. The van der Waals surface area contributed by atoms with E-state index in [4.69, 9.17) is 4.74 Å². The largest absolute Gasteiger partial charge is 0.444 e. The third-order valence-electron chi connectivity index (χ3n) is 6.14. The Balaban J connectivity index is 1.37. The quantitative estimate of drug-likeness (QED) is 0.713. The van der Waals surface area contributed by atoms with Gasteiger partial charge in [0, 0.05) is 50.5 Å². The number of amides is 2. The van der Waals surface area contributed by atoms with Crippen molar-refractivity contribution in [3.05, 3.63) is 59.4 Å². The molecule has 0 radical (unpaired) electrons. The third-order valence-corrected chi connectivity index (χ3v) is 6.14. The lowest BCUT2D eigenvalue weighted by molar-refractivity contribution is -0.120. The molecule has 3 heterocycles. The summed E-state index contributed by atoms with van der Waals surface area (Å²) >= 11 is 0. The first-order chi connectivity index (χ1) is 15.7. The van der Waals surface area contributed by atoms with Crippen LogP contribution in [0.2, 0.25) is 0 Å². The standard InChI is InChI=1S/C26H34N4O3/c1-19-17-28(12-13-29(19)25(32)33-26(2,3)4)18-24(31)30-11-10-21-16-27-22(15-23(21)30)14-20-8-6-5-7-9-20/h5-9,15-16,19H,10-14,17-18H2,1-4H3/t19-/m1/s1. The van der Waals surface area contributed by atoms with Crippen LogP contribution in [0.15, 0.2) is 42.6 Å². The van der Waals surface area contributed by atoms with E-state index in [1.807, 2.05) is 57.0 Å². The fourth-order valence-electron chi connectivity index (χ4n) is 4.52. The summed E-state index contributed by atoms with van der Waals surface area (Å²) in [6.45, 7) is 10.5. The number of hydrogen-bond acceptors (Lipinski definition) is 5. The van der Waals surface area contributed by atoms with Gasteiger partial charge in [-0.25, -0.2) is 4.79 Å². The monoisotopic (exact) mass is 450 g/mol. The summed E-state index contributed by atoms with van der Waals surface area (Å²) in [5, 5.41) is 0. The molecule has 2 aromatic rings. The molecule has 1 saturated heterocycles. The second-order valence-electron chi connectivity index (χ2n) is 10.0. The fraction of sp³-hybridized carbons (Fsp3) is 0.500. The molecule has 2 aliphatic rings. The first kappa shape index (κ1) is 23.2. The highest BCUT2D eigenvalue weighted by atomic mass is 16.6. The van der Waals surface area contributed by atoms with Crippen molar-refractivity contribution in [3.8, 4) is 0 Å². The highest BCUT2D eigenvalue weighted by Gasteiger charge is 2.33. The minimum Gasteiger partial charge on any atom is -0.444 e. The predicted octanol–water partition coefficient (Wildman–Crippen LogP) is 3.50. The molecule has 0 aliphatic carbocycles. The van der Waals surface area contributed by atoms with Gasteiger partial charge >= 0.3 is 6.09 Å². The third kappa shape index (κ3) is 5.71. The zero-order valence-corrected chi connectivity index (χ0v) is 20.1. The second-order valence-corrected chi connectivity index (χ2v) is 10.0. The molecule has 2 amide bonds. The van der Waals surface area contributed by atoms with Crippen LogP contribution in [0.5, 0.6) is 0 Å². The van der Waals surface area contributed by atoms with Crippen LogP contribution in [-0.2, 0) is 22.4 Å². The molecular formula is C26H34N4O3. The van der Waals surface area contributed by atoms with Crippen LogP contribution < -0.4 is 4.90 Å². The lowest BCUT2D eigenvalue weighted by Gasteiger charge is -2.40. The molecular weight excluding hydrogens is 416 g/mol. The van der Waals surface area contributed by atoms with E-state index in [1.165, 1.54) is 5.56 Å². The van der Waals surface area contributed by atoms with Crippen molar-refractivity contribution in [2.75, 3.05) is 37.6 Å². The van der Waals surface area contributed by atoms with Crippen molar-refractivity contribution in [1.82, 2.24) is 14.8 Å². The Labute approximate surface area is 196 Å². The van der Waals surface area contributed by atoms with Crippen LogP contribution >= 0.6 is 0 Å². The summed E-state index contributed by atoms with van der Waals surface area (Å²) in [6.07, 6.45) is 3.22. The first-order valence-corrected chi connectivity index (χ1v) is 11.7. The van der Waals surface area contributed by atoms with E-state index in [0.29, 0.717) is 32.7 Å². The molecule has 4 rings (SSSR count). The Morgan fingerprint density at radius 1 is 1.12 bits per heavy atom. The van der Waals surface area contributed by atoms with Gasteiger partial charge in [0.15, 0.2) is 0 Å². The fourth-order valence-corrected chi connectivity index (χ4v) is 4.52. The van der Waals surface area contributed by atoms with Gasteiger partial charge < -0.3 is 14.5 Å². The van der Waals surface area contributed by atoms with Crippen LogP contribution in [-0.4, -0.2) is 71.2 Å². The molecule has 2 aliphatic heterocycles. The number of nitrogens with zero attached hydrogens (tertiary/aromatic N) is 4. The molecule has 1 atom stereocenters. The van der Waals surface area contributed by atoms with Crippen molar-refractivity contribution >= 4 is 17.7 Å². The van der Waals surface area contributed by atoms with Gasteiger partial charge in [0.2, 0.25) is 5.91 Å². The number of fused-ring (bicyclic) bond motifs is 1. The zero-order valence-electron chi connectivity index (χ0n) is 20.1. The molecule has 7 nitrogen and oxygen atoms in total. The minimum atomic E-state index is -0.513. The van der Waals surface area contributed by atoms with E-state index in [0.717, 1.165) is 29.8 Å². The number of piperazine rings is 1. The minimum absolute atomic E-state index is 0.00561. The van der Waals surface area contributed by atoms with Gasteiger partial charge in [0.05, 0.1) is 12.2 Å². The van der Waals surface area contributed by atoms with Crippen molar-refractivity contribution < 1.29 is 14.3 Å². The first-order valence-electron chi connectivity index (χ1n) is 11.7. The van der Waals surface area contributed by atoms with Gasteiger partial charge in [0.1, 0.15) is 5.60 Å². The Morgan fingerprint density at radius 3 is 2.58 bits per heavy atom. The van der Waals surface area contributed by atoms with Gasteiger partial charge in [-0.2, -0.15) is 0 Å². The van der Waals surface area contributed by atoms with Crippen molar-refractivity contribution in [2.24, 2.45) is 0 Å². The molecule has 0 unspecified atom stereocenters. The number of ether oxygens (including phenoxy) is 1. The smallest absolute Gasteiger partial charge is 0.410 e. The van der Waals surface area contributed by atoms with Gasteiger partial charge in [-0.05, 0) is 51.3 Å². The number of anilines is 1. The molecule has 0 bridgehead atoms. The maximum atomic E-state index is 13.2. The van der Waals surface area contributed by atoms with E-state index in [2.05, 4.69) is 28.1 Å². The average Bonchev–Trinajstić information content (AvgIpc) is 3.16. The Kier molecular flexibility index (Phi) is 6.70. The highest BCUT2D eigenvalue weighted by Crippen LogP contribution is 2.29. The summed E-state index contributed by atoms with van der Waals surface area (Å²) in [5.74, 6) is 0.100. The topological polar surface area (TPSA) is 66.0 Å². The summed E-state index contributed by atoms with van der Waals surface area (Å²) in [7, 11) is 0. The number of aromatic nitrogens is 1. The van der Waals surface area contributed by atoms with E-state index in [9.17, 15) is 9.59 Å². The van der Waals surface area contributed by atoms with E-state index in [1.54, 1.807) is 4.90 Å². The number of carbonyl (C=O) groups excluding carboxylic acids is 2. The zero-order chi connectivity index (χ0) is 23.6. The normalized spacial score (nSPS) is 18.8. The number of benzene rings is 1. The number of pyridine rings is 1. The number of carbonyl (C=O) groups is 2. The molecule has 176 valence electrons. The summed E-state index contributed by atoms with van der Waals surface area (Å²) < 4.78 is 5.53. The lowest BCUT2D eigenvalue weighted by atomic mass is 10.1. The van der Waals surface area contributed by atoms with E-state index < -0.39 is 5.60 Å². The highest BCUT2D eigenvalue weighted by molar-refractivity contribution is 5.96. The maximum absolute atomic E-state index is 13.2. The summed E-state index contributed by atoms with van der Waals surface area (Å²) in [4.78, 5) is 36.1. The molecule has 7 heteroatoms. The summed E-state index contributed by atoms with van der Waals surface area (Å²) in [6, 6.07) is 12.3. The van der Waals surface area contributed by atoms with Gasteiger partial charge in [-0.3, -0.25) is 14.7 Å².